The van der Waals surface area contributed by atoms with Crippen molar-refractivity contribution in [2.75, 3.05) is 20.6 Å². The molecule has 1 aliphatic rings. The average Bonchev–Trinajstić information content (AvgIpc) is 2.18. The largest absolute Gasteiger partial charge is 0.311 e. The smallest absolute Gasteiger partial charge is 0.00951 e. The molecule has 0 amide bonds. The summed E-state index contributed by atoms with van der Waals surface area (Å²) in [5.41, 5.74) is 0. The molecule has 0 heterocycles. The third-order valence-electron chi connectivity index (χ3n) is 3.62. The maximum Gasteiger partial charge on any atom is 0.00951 e. The van der Waals surface area contributed by atoms with Gasteiger partial charge in [-0.3, -0.25) is 0 Å². The summed E-state index contributed by atoms with van der Waals surface area (Å²) in [7, 11) is 4.30. The number of hydrogen-bond acceptors (Lipinski definition) is 2. The molecule has 0 bridgehead atoms. The molecule has 0 saturated heterocycles. The van der Waals surface area contributed by atoms with Gasteiger partial charge in [0.15, 0.2) is 0 Å². The summed E-state index contributed by atoms with van der Waals surface area (Å²) in [5, 5.41) is 3.80. The number of hydrogen-bond donors (Lipinski definition) is 1. The van der Waals surface area contributed by atoms with Crippen LogP contribution in [0.2, 0.25) is 0 Å². The van der Waals surface area contributed by atoms with Gasteiger partial charge in [-0.1, -0.05) is 19.8 Å². The first-order chi connectivity index (χ1) is 7.09. The van der Waals surface area contributed by atoms with Crippen LogP contribution >= 0.6 is 0 Å². The summed E-state index contributed by atoms with van der Waals surface area (Å²) in [6.45, 7) is 5.91. The third kappa shape index (κ3) is 4.98. The normalized spacial score (nSPS) is 29.4. The SMILES string of the molecule is CC(CCN(C)C)NC1CCCCC1C. The lowest BCUT2D eigenvalue weighted by Crippen LogP contribution is -2.43. The Balaban J connectivity index is 2.20. The van der Waals surface area contributed by atoms with Crippen molar-refractivity contribution < 1.29 is 0 Å². The zero-order valence-electron chi connectivity index (χ0n) is 10.9. The molecule has 0 aromatic rings. The van der Waals surface area contributed by atoms with E-state index in [1.165, 1.54) is 38.6 Å². The minimum absolute atomic E-state index is 0.665. The van der Waals surface area contributed by atoms with Crippen LogP contribution in [0, 0.1) is 5.92 Å². The Morgan fingerprint density at radius 2 is 1.93 bits per heavy atom. The van der Waals surface area contributed by atoms with Gasteiger partial charge in [0.2, 0.25) is 0 Å². The van der Waals surface area contributed by atoms with Crippen LogP contribution in [0.3, 0.4) is 0 Å². The van der Waals surface area contributed by atoms with Crippen LogP contribution in [0.1, 0.15) is 46.0 Å². The molecule has 0 aromatic heterocycles. The number of nitrogens with one attached hydrogen (secondary N) is 1. The van der Waals surface area contributed by atoms with Gasteiger partial charge in [-0.25, -0.2) is 0 Å². The first kappa shape index (κ1) is 13.0. The quantitative estimate of drug-likeness (QED) is 0.753. The predicted octanol–water partition coefficient (Wildman–Crippen LogP) is 2.49. The van der Waals surface area contributed by atoms with Gasteiger partial charge in [0.25, 0.3) is 0 Å². The van der Waals surface area contributed by atoms with E-state index in [0.717, 1.165) is 12.0 Å². The van der Waals surface area contributed by atoms with Crippen molar-refractivity contribution in [3.8, 4) is 0 Å². The summed E-state index contributed by atoms with van der Waals surface area (Å²) >= 11 is 0. The Kier molecular flexibility index (Phi) is 5.62. The summed E-state index contributed by atoms with van der Waals surface area (Å²) in [5.74, 6) is 0.876. The highest BCUT2D eigenvalue weighted by Crippen LogP contribution is 2.24. The van der Waals surface area contributed by atoms with E-state index in [0.29, 0.717) is 6.04 Å². The lowest BCUT2D eigenvalue weighted by atomic mass is 9.85. The lowest BCUT2D eigenvalue weighted by molar-refractivity contribution is 0.250. The molecule has 2 heteroatoms. The number of nitrogens with zero attached hydrogens (tertiary/aromatic N) is 1. The monoisotopic (exact) mass is 212 g/mol. The second-order valence-electron chi connectivity index (χ2n) is 5.53. The molecule has 15 heavy (non-hydrogen) atoms. The molecule has 1 rings (SSSR count). The van der Waals surface area contributed by atoms with E-state index >= 15 is 0 Å². The van der Waals surface area contributed by atoms with Gasteiger partial charge >= 0.3 is 0 Å². The van der Waals surface area contributed by atoms with Crippen LogP contribution in [0.5, 0.6) is 0 Å². The van der Waals surface area contributed by atoms with E-state index < -0.39 is 0 Å². The summed E-state index contributed by atoms with van der Waals surface area (Å²) in [4.78, 5) is 2.27. The number of rotatable bonds is 5. The topological polar surface area (TPSA) is 15.3 Å². The van der Waals surface area contributed by atoms with Crippen molar-refractivity contribution in [3.63, 3.8) is 0 Å². The van der Waals surface area contributed by atoms with Crippen molar-refractivity contribution in [2.24, 2.45) is 5.92 Å². The van der Waals surface area contributed by atoms with E-state index in [1.807, 2.05) is 0 Å². The van der Waals surface area contributed by atoms with Crippen molar-refractivity contribution in [1.29, 1.82) is 0 Å². The molecule has 3 unspecified atom stereocenters. The van der Waals surface area contributed by atoms with Crippen LogP contribution in [0.25, 0.3) is 0 Å². The maximum atomic E-state index is 3.80. The van der Waals surface area contributed by atoms with E-state index in [9.17, 15) is 0 Å². The molecule has 0 spiro atoms. The average molecular weight is 212 g/mol. The summed E-state index contributed by atoms with van der Waals surface area (Å²) in [6, 6.07) is 1.44. The van der Waals surface area contributed by atoms with Gasteiger partial charge in [-0.15, -0.1) is 0 Å². The molecule has 3 atom stereocenters. The second kappa shape index (κ2) is 6.49. The molecular formula is C13H28N2. The van der Waals surface area contributed by atoms with E-state index in [2.05, 4.69) is 38.2 Å². The molecule has 0 radical (unpaired) electrons. The van der Waals surface area contributed by atoms with Crippen molar-refractivity contribution in [3.05, 3.63) is 0 Å². The van der Waals surface area contributed by atoms with E-state index in [-0.39, 0.29) is 0 Å². The fraction of sp³-hybridized carbons (Fsp3) is 1.00. The molecule has 1 aliphatic carbocycles. The van der Waals surface area contributed by atoms with Gasteiger partial charge in [0.1, 0.15) is 0 Å². The van der Waals surface area contributed by atoms with Gasteiger partial charge in [0, 0.05) is 12.1 Å². The van der Waals surface area contributed by atoms with Gasteiger partial charge in [-0.2, -0.15) is 0 Å². The van der Waals surface area contributed by atoms with Crippen molar-refractivity contribution in [2.45, 2.75) is 58.0 Å². The fourth-order valence-corrected chi connectivity index (χ4v) is 2.46. The standard InChI is InChI=1S/C13H28N2/c1-11-7-5-6-8-13(11)14-12(2)9-10-15(3)4/h11-14H,5-10H2,1-4H3. The molecule has 0 aliphatic heterocycles. The maximum absolute atomic E-state index is 3.80. The summed E-state index contributed by atoms with van der Waals surface area (Å²) in [6.07, 6.45) is 6.91. The van der Waals surface area contributed by atoms with E-state index in [1.54, 1.807) is 0 Å². The Labute approximate surface area is 95.4 Å². The predicted molar refractivity (Wildman–Crippen MR) is 67.2 cm³/mol. The molecule has 2 nitrogen and oxygen atoms in total. The molecular weight excluding hydrogens is 184 g/mol. The third-order valence-corrected chi connectivity index (χ3v) is 3.62. The second-order valence-corrected chi connectivity index (χ2v) is 5.53. The van der Waals surface area contributed by atoms with Crippen LogP contribution in [-0.4, -0.2) is 37.6 Å². The molecule has 1 N–H and O–H groups in total. The van der Waals surface area contributed by atoms with Crippen molar-refractivity contribution >= 4 is 0 Å². The van der Waals surface area contributed by atoms with Crippen LogP contribution < -0.4 is 5.32 Å². The van der Waals surface area contributed by atoms with Gasteiger partial charge in [-0.05, 0) is 52.7 Å². The zero-order valence-corrected chi connectivity index (χ0v) is 10.9. The highest BCUT2D eigenvalue weighted by molar-refractivity contribution is 4.80. The molecule has 1 saturated carbocycles. The minimum atomic E-state index is 0.665. The van der Waals surface area contributed by atoms with Crippen LogP contribution in [0.4, 0.5) is 0 Å². The zero-order chi connectivity index (χ0) is 11.3. The Bertz CT molecular complexity index is 168. The Hall–Kier alpha value is -0.0800. The first-order valence-corrected chi connectivity index (χ1v) is 6.50. The first-order valence-electron chi connectivity index (χ1n) is 6.50. The Morgan fingerprint density at radius 3 is 2.53 bits per heavy atom. The van der Waals surface area contributed by atoms with Gasteiger partial charge < -0.3 is 10.2 Å². The van der Waals surface area contributed by atoms with Crippen LogP contribution in [-0.2, 0) is 0 Å². The van der Waals surface area contributed by atoms with Crippen LogP contribution in [0.15, 0.2) is 0 Å². The highest BCUT2D eigenvalue weighted by atomic mass is 15.1. The minimum Gasteiger partial charge on any atom is -0.311 e. The van der Waals surface area contributed by atoms with Gasteiger partial charge in [0.05, 0.1) is 0 Å². The van der Waals surface area contributed by atoms with Crippen molar-refractivity contribution in [1.82, 2.24) is 10.2 Å². The molecule has 90 valence electrons. The van der Waals surface area contributed by atoms with E-state index in [4.69, 9.17) is 0 Å². The molecule has 0 aromatic carbocycles. The highest BCUT2D eigenvalue weighted by Gasteiger charge is 2.22. The molecule has 1 fully saturated rings. The summed E-state index contributed by atoms with van der Waals surface area (Å²) < 4.78 is 0. The fourth-order valence-electron chi connectivity index (χ4n) is 2.46. The lowest BCUT2D eigenvalue weighted by Gasteiger charge is -2.32. The Morgan fingerprint density at radius 1 is 1.27 bits per heavy atom.